The predicted molar refractivity (Wildman–Crippen MR) is 99.9 cm³/mol. The molecule has 2 heterocycles. The molecule has 0 saturated heterocycles. The summed E-state index contributed by atoms with van der Waals surface area (Å²) in [6, 6.07) is 23.6. The predicted octanol–water partition coefficient (Wildman–Crippen LogP) is 4.40. The van der Waals surface area contributed by atoms with Crippen LogP contribution in [-0.2, 0) is 0 Å². The lowest BCUT2D eigenvalue weighted by Gasteiger charge is -2.05. The van der Waals surface area contributed by atoms with E-state index >= 15 is 0 Å². The number of benzene rings is 2. The normalized spacial score (nSPS) is 10.3. The van der Waals surface area contributed by atoms with Gasteiger partial charge in [0.2, 0.25) is 0 Å². The fourth-order valence-electron chi connectivity index (χ4n) is 2.64. The summed E-state index contributed by atoms with van der Waals surface area (Å²) in [6.45, 7) is 1.99. The van der Waals surface area contributed by atoms with Crippen LogP contribution in [0.3, 0.4) is 0 Å². The van der Waals surface area contributed by atoms with Crippen molar-refractivity contribution in [2.75, 3.05) is 0 Å². The number of rotatable bonds is 1. The van der Waals surface area contributed by atoms with Gasteiger partial charge in [0.15, 0.2) is 5.82 Å². The van der Waals surface area contributed by atoms with Gasteiger partial charge in [-0.1, -0.05) is 48.4 Å². The molecule has 25 heavy (non-hydrogen) atoms. The van der Waals surface area contributed by atoms with E-state index in [0.717, 1.165) is 27.9 Å². The van der Waals surface area contributed by atoms with Gasteiger partial charge in [-0.15, -0.1) is 0 Å². The van der Waals surface area contributed by atoms with Crippen LogP contribution in [0, 0.1) is 18.8 Å². The molecule has 0 aliphatic carbocycles. The van der Waals surface area contributed by atoms with Gasteiger partial charge in [-0.05, 0) is 43.2 Å². The van der Waals surface area contributed by atoms with Crippen molar-refractivity contribution >= 4 is 10.9 Å². The molecule has 0 saturated carbocycles. The number of nitrogens with zero attached hydrogens (tertiary/aromatic N) is 3. The van der Waals surface area contributed by atoms with Crippen molar-refractivity contribution in [3.63, 3.8) is 0 Å². The van der Waals surface area contributed by atoms with Crippen molar-refractivity contribution in [2.24, 2.45) is 0 Å². The van der Waals surface area contributed by atoms with Crippen LogP contribution < -0.4 is 0 Å². The van der Waals surface area contributed by atoms with Gasteiger partial charge in [-0.3, -0.25) is 0 Å². The zero-order valence-corrected chi connectivity index (χ0v) is 13.8. The fourth-order valence-corrected chi connectivity index (χ4v) is 2.64. The first kappa shape index (κ1) is 15.0. The van der Waals surface area contributed by atoms with Gasteiger partial charge < -0.3 is 0 Å². The number of aryl methyl sites for hydroxylation is 1. The molecule has 0 amide bonds. The Kier molecular flexibility index (Phi) is 3.94. The van der Waals surface area contributed by atoms with Crippen molar-refractivity contribution in [1.82, 2.24) is 15.0 Å². The van der Waals surface area contributed by atoms with Gasteiger partial charge in [0.1, 0.15) is 11.4 Å². The number of hydrogen-bond donors (Lipinski definition) is 0. The summed E-state index contributed by atoms with van der Waals surface area (Å²) < 4.78 is 0. The first-order chi connectivity index (χ1) is 12.3. The van der Waals surface area contributed by atoms with E-state index in [9.17, 15) is 0 Å². The number of aromatic nitrogens is 3. The number of hydrogen-bond acceptors (Lipinski definition) is 3. The maximum Gasteiger partial charge on any atom is 0.179 e. The van der Waals surface area contributed by atoms with E-state index in [-0.39, 0.29) is 0 Å². The number of pyridine rings is 1. The zero-order valence-electron chi connectivity index (χ0n) is 13.8. The van der Waals surface area contributed by atoms with Crippen LogP contribution in [0.2, 0.25) is 0 Å². The second-order valence-electron chi connectivity index (χ2n) is 5.67. The highest BCUT2D eigenvalue weighted by molar-refractivity contribution is 5.82. The first-order valence-electron chi connectivity index (χ1n) is 8.07. The van der Waals surface area contributed by atoms with Crippen LogP contribution in [0.1, 0.15) is 17.0 Å². The van der Waals surface area contributed by atoms with Crippen LogP contribution in [-0.4, -0.2) is 15.0 Å². The minimum atomic E-state index is 0.625. The summed E-state index contributed by atoms with van der Waals surface area (Å²) in [4.78, 5) is 13.9. The smallest absolute Gasteiger partial charge is 0.179 e. The summed E-state index contributed by atoms with van der Waals surface area (Å²) in [6.07, 6.45) is 0. The monoisotopic (exact) mass is 321 g/mol. The standard InChI is InChI=1S/C22H15N3/c1-16-19-11-5-6-12-20(19)25-22(23-16)21-13-7-10-18(24-21)15-14-17-8-3-2-4-9-17/h2-13H,1H3. The highest BCUT2D eigenvalue weighted by atomic mass is 14.9. The molecule has 4 aromatic rings. The lowest BCUT2D eigenvalue weighted by Crippen LogP contribution is -1.97. The van der Waals surface area contributed by atoms with Crippen LogP contribution in [0.15, 0.2) is 72.8 Å². The fraction of sp³-hybridized carbons (Fsp3) is 0.0455. The summed E-state index contributed by atoms with van der Waals surface area (Å²) >= 11 is 0. The zero-order chi connectivity index (χ0) is 17.1. The summed E-state index contributed by atoms with van der Waals surface area (Å²) in [5.74, 6) is 6.86. The molecule has 4 rings (SSSR count). The average Bonchev–Trinajstić information content (AvgIpc) is 2.67. The van der Waals surface area contributed by atoms with E-state index < -0.39 is 0 Å². The molecule has 0 aliphatic heterocycles. The maximum absolute atomic E-state index is 4.64. The number of para-hydroxylation sites is 1. The van der Waals surface area contributed by atoms with E-state index in [1.807, 2.05) is 79.7 Å². The van der Waals surface area contributed by atoms with Gasteiger partial charge in [0.25, 0.3) is 0 Å². The third-order valence-corrected chi connectivity index (χ3v) is 3.88. The van der Waals surface area contributed by atoms with E-state index in [0.29, 0.717) is 11.5 Å². The molecule has 0 fully saturated rings. The summed E-state index contributed by atoms with van der Waals surface area (Å²) in [5.41, 5.74) is 4.27. The molecule has 0 aliphatic rings. The lowest BCUT2D eigenvalue weighted by atomic mass is 10.2. The highest BCUT2D eigenvalue weighted by Crippen LogP contribution is 2.20. The van der Waals surface area contributed by atoms with E-state index in [2.05, 4.69) is 26.8 Å². The molecule has 0 radical (unpaired) electrons. The number of fused-ring (bicyclic) bond motifs is 1. The van der Waals surface area contributed by atoms with Gasteiger partial charge >= 0.3 is 0 Å². The quantitative estimate of drug-likeness (QED) is 0.488. The van der Waals surface area contributed by atoms with Crippen molar-refractivity contribution in [2.45, 2.75) is 6.92 Å². The van der Waals surface area contributed by atoms with Crippen molar-refractivity contribution in [3.05, 3.63) is 89.7 Å². The minimum absolute atomic E-state index is 0.625. The Morgan fingerprint density at radius 2 is 1.48 bits per heavy atom. The van der Waals surface area contributed by atoms with Gasteiger partial charge in [0.05, 0.1) is 5.52 Å². The van der Waals surface area contributed by atoms with Crippen LogP contribution in [0.5, 0.6) is 0 Å². The maximum atomic E-state index is 4.64. The molecule has 0 N–H and O–H groups in total. The highest BCUT2D eigenvalue weighted by Gasteiger charge is 2.07. The van der Waals surface area contributed by atoms with E-state index in [1.54, 1.807) is 0 Å². The Hall–Kier alpha value is -3.51. The van der Waals surface area contributed by atoms with Crippen molar-refractivity contribution in [1.29, 1.82) is 0 Å². The van der Waals surface area contributed by atoms with Crippen LogP contribution in [0.4, 0.5) is 0 Å². The average molecular weight is 321 g/mol. The molecule has 3 nitrogen and oxygen atoms in total. The lowest BCUT2D eigenvalue weighted by molar-refractivity contribution is 1.12. The first-order valence-corrected chi connectivity index (χ1v) is 8.07. The Labute approximate surface area is 146 Å². The van der Waals surface area contributed by atoms with Gasteiger partial charge in [-0.2, -0.15) is 0 Å². The third kappa shape index (κ3) is 3.24. The molecule has 0 unspecified atom stereocenters. The van der Waals surface area contributed by atoms with Crippen molar-refractivity contribution in [3.8, 4) is 23.4 Å². The molecule has 0 bridgehead atoms. The molecule has 0 atom stereocenters. The third-order valence-electron chi connectivity index (χ3n) is 3.88. The summed E-state index contributed by atoms with van der Waals surface area (Å²) in [7, 11) is 0. The topological polar surface area (TPSA) is 38.7 Å². The molecule has 118 valence electrons. The minimum Gasteiger partial charge on any atom is -0.236 e. The summed E-state index contributed by atoms with van der Waals surface area (Å²) in [5, 5.41) is 1.06. The molecule has 0 spiro atoms. The second-order valence-corrected chi connectivity index (χ2v) is 5.67. The van der Waals surface area contributed by atoms with Gasteiger partial charge in [-0.25, -0.2) is 15.0 Å². The van der Waals surface area contributed by atoms with E-state index in [4.69, 9.17) is 0 Å². The molecular weight excluding hydrogens is 306 g/mol. The molecule has 3 heteroatoms. The van der Waals surface area contributed by atoms with Crippen LogP contribution in [0.25, 0.3) is 22.4 Å². The Balaban J connectivity index is 1.74. The van der Waals surface area contributed by atoms with E-state index in [1.165, 1.54) is 0 Å². The van der Waals surface area contributed by atoms with Crippen molar-refractivity contribution < 1.29 is 0 Å². The molecule has 2 aromatic carbocycles. The Morgan fingerprint density at radius 1 is 0.680 bits per heavy atom. The van der Waals surface area contributed by atoms with Gasteiger partial charge in [0, 0.05) is 16.6 Å². The SMILES string of the molecule is Cc1nc(-c2cccc(C#Cc3ccccc3)n2)nc2ccccc12. The molecule has 2 aromatic heterocycles. The largest absolute Gasteiger partial charge is 0.236 e. The Bertz CT molecular complexity index is 1110. The van der Waals surface area contributed by atoms with Crippen LogP contribution >= 0.6 is 0 Å². The molecular formula is C22H15N3. The Morgan fingerprint density at radius 3 is 2.36 bits per heavy atom. The second kappa shape index (κ2) is 6.54.